The highest BCUT2D eigenvalue weighted by atomic mass is 79.9. The number of hydrogen-bond donors (Lipinski definition) is 2. The van der Waals surface area contributed by atoms with Gasteiger partial charge in [-0.25, -0.2) is 8.60 Å². The average molecular weight is 585 g/mol. The molecular formula is C28H26BrFN2O4S. The van der Waals surface area contributed by atoms with Crippen molar-refractivity contribution in [3.63, 3.8) is 0 Å². The number of aryl methyl sites for hydroxylation is 1. The standard InChI is InChI=1S/C28H26BrFN2O4S/c1-16-12-18(4-9-23(16)29)10-11-32(37(34)35)24-15-25-22(14-21(24)19-5-6-19)27(28(31)33)26(36-25)13-17-2-7-20(30)8-3-17/h2-4,7-9,12,14-15,19H,5-6,10-11,13H2,1H3,(H2,31,33)(H,34,35). The molecule has 9 heteroatoms. The van der Waals surface area contributed by atoms with Gasteiger partial charge in [0, 0.05) is 28.9 Å². The lowest BCUT2D eigenvalue weighted by atomic mass is 10.0. The van der Waals surface area contributed by atoms with Gasteiger partial charge < -0.3 is 10.2 Å². The molecule has 37 heavy (non-hydrogen) atoms. The molecular weight excluding hydrogens is 559 g/mol. The number of anilines is 1. The van der Waals surface area contributed by atoms with Gasteiger partial charge >= 0.3 is 0 Å². The SMILES string of the molecule is Cc1cc(CCN(c2cc3oc(Cc4ccc(F)cc4)c(C(N)=O)c3cc2C2CC2)S(=O)O)ccc1Br. The van der Waals surface area contributed by atoms with E-state index < -0.39 is 17.2 Å². The summed E-state index contributed by atoms with van der Waals surface area (Å²) in [6.07, 6.45) is 2.76. The van der Waals surface area contributed by atoms with E-state index in [1.54, 1.807) is 18.2 Å². The first kappa shape index (κ1) is 25.6. The predicted octanol–water partition coefficient (Wildman–Crippen LogP) is 6.40. The van der Waals surface area contributed by atoms with Crippen LogP contribution in [0.15, 0.2) is 63.5 Å². The molecule has 0 aliphatic heterocycles. The molecule has 0 bridgehead atoms. The fraction of sp³-hybridized carbons (Fsp3) is 0.250. The van der Waals surface area contributed by atoms with Crippen molar-refractivity contribution in [2.45, 2.75) is 38.5 Å². The first-order valence-electron chi connectivity index (χ1n) is 12.0. The van der Waals surface area contributed by atoms with E-state index in [-0.39, 0.29) is 23.7 Å². The third-order valence-electron chi connectivity index (χ3n) is 6.73. The molecule has 6 nitrogen and oxygen atoms in total. The number of halogens is 2. The van der Waals surface area contributed by atoms with Crippen LogP contribution in [0.5, 0.6) is 0 Å². The summed E-state index contributed by atoms with van der Waals surface area (Å²) in [6.45, 7) is 2.33. The van der Waals surface area contributed by atoms with Crippen LogP contribution in [-0.4, -0.2) is 21.2 Å². The van der Waals surface area contributed by atoms with Crippen LogP contribution in [0.1, 0.15) is 57.1 Å². The highest BCUT2D eigenvalue weighted by Crippen LogP contribution is 2.47. The van der Waals surface area contributed by atoms with Gasteiger partial charge in [-0.05, 0) is 78.6 Å². The number of carbonyl (C=O) groups is 1. The van der Waals surface area contributed by atoms with E-state index >= 15 is 0 Å². The highest BCUT2D eigenvalue weighted by Gasteiger charge is 2.31. The van der Waals surface area contributed by atoms with Crippen LogP contribution >= 0.6 is 15.9 Å². The Hall–Kier alpha value is -3.01. The second-order valence-corrected chi connectivity index (χ2v) is 11.2. The minimum absolute atomic E-state index is 0.233. The summed E-state index contributed by atoms with van der Waals surface area (Å²) in [6, 6.07) is 15.6. The van der Waals surface area contributed by atoms with Gasteiger partial charge in [-0.2, -0.15) is 0 Å². The highest BCUT2D eigenvalue weighted by molar-refractivity contribution is 9.10. The summed E-state index contributed by atoms with van der Waals surface area (Å²) in [5.74, 6) is -0.345. The Morgan fingerprint density at radius 2 is 1.86 bits per heavy atom. The van der Waals surface area contributed by atoms with Gasteiger partial charge in [0.05, 0.1) is 11.3 Å². The van der Waals surface area contributed by atoms with Crippen molar-refractivity contribution in [3.8, 4) is 0 Å². The summed E-state index contributed by atoms with van der Waals surface area (Å²) in [5, 5.41) is 0.586. The molecule has 1 aliphatic carbocycles. The van der Waals surface area contributed by atoms with Crippen molar-refractivity contribution >= 4 is 49.8 Å². The van der Waals surface area contributed by atoms with E-state index in [2.05, 4.69) is 22.0 Å². The maximum atomic E-state index is 13.4. The molecule has 5 rings (SSSR count). The minimum atomic E-state index is -2.27. The minimum Gasteiger partial charge on any atom is -0.460 e. The summed E-state index contributed by atoms with van der Waals surface area (Å²) < 4.78 is 44.7. The third-order valence-corrected chi connectivity index (χ3v) is 8.38. The Bertz CT molecular complexity index is 1520. The normalized spacial score (nSPS) is 14.2. The van der Waals surface area contributed by atoms with Crippen molar-refractivity contribution in [3.05, 3.63) is 98.5 Å². The summed E-state index contributed by atoms with van der Waals surface area (Å²) in [7, 11) is 0. The van der Waals surface area contributed by atoms with Gasteiger partial charge in [0.15, 0.2) is 0 Å². The Balaban J connectivity index is 1.55. The molecule has 1 saturated carbocycles. The number of primary amides is 1. The quantitative estimate of drug-likeness (QED) is 0.222. The molecule has 0 saturated heterocycles. The van der Waals surface area contributed by atoms with Crippen LogP contribution in [0.3, 0.4) is 0 Å². The maximum absolute atomic E-state index is 13.4. The largest absolute Gasteiger partial charge is 0.460 e. The Labute approximate surface area is 225 Å². The molecule has 1 amide bonds. The van der Waals surface area contributed by atoms with Crippen LogP contribution in [-0.2, 0) is 24.1 Å². The van der Waals surface area contributed by atoms with Gasteiger partial charge in [-0.1, -0.05) is 40.2 Å². The maximum Gasteiger partial charge on any atom is 0.261 e. The first-order valence-corrected chi connectivity index (χ1v) is 13.8. The molecule has 1 heterocycles. The lowest BCUT2D eigenvalue weighted by Crippen LogP contribution is -2.28. The Morgan fingerprint density at radius 3 is 2.49 bits per heavy atom. The number of amides is 1. The summed E-state index contributed by atoms with van der Waals surface area (Å²) >= 11 is 1.24. The van der Waals surface area contributed by atoms with Gasteiger partial charge in [0.25, 0.3) is 17.2 Å². The molecule has 1 fully saturated rings. The number of benzene rings is 3. The average Bonchev–Trinajstić information content (AvgIpc) is 3.63. The van der Waals surface area contributed by atoms with E-state index in [4.69, 9.17) is 10.2 Å². The Kier molecular flexibility index (Phi) is 7.20. The molecule has 3 aromatic carbocycles. The molecule has 3 N–H and O–H groups in total. The van der Waals surface area contributed by atoms with E-state index in [9.17, 15) is 17.9 Å². The zero-order valence-corrected chi connectivity index (χ0v) is 22.6. The second kappa shape index (κ2) is 10.4. The first-order chi connectivity index (χ1) is 17.7. The third kappa shape index (κ3) is 5.49. The number of hydrogen-bond acceptors (Lipinski definition) is 3. The van der Waals surface area contributed by atoms with Gasteiger partial charge in [0.1, 0.15) is 17.2 Å². The zero-order chi connectivity index (χ0) is 26.3. The topological polar surface area (TPSA) is 96.8 Å². The molecule has 1 atom stereocenters. The number of rotatable bonds is 9. The van der Waals surface area contributed by atoms with Gasteiger partial charge in [-0.15, -0.1) is 0 Å². The van der Waals surface area contributed by atoms with Crippen molar-refractivity contribution in [1.82, 2.24) is 0 Å². The predicted molar refractivity (Wildman–Crippen MR) is 147 cm³/mol. The van der Waals surface area contributed by atoms with Crippen LogP contribution in [0.2, 0.25) is 0 Å². The molecule has 1 unspecified atom stereocenters. The summed E-state index contributed by atoms with van der Waals surface area (Å²) in [5.41, 5.74) is 10.9. The number of nitrogens with two attached hydrogens (primary N) is 1. The fourth-order valence-electron chi connectivity index (χ4n) is 4.69. The van der Waals surface area contributed by atoms with E-state index in [0.29, 0.717) is 35.4 Å². The fourth-order valence-corrected chi connectivity index (χ4v) is 5.52. The number of nitrogens with zero attached hydrogens (tertiary/aromatic N) is 1. The summed E-state index contributed by atoms with van der Waals surface area (Å²) in [4.78, 5) is 12.5. The van der Waals surface area contributed by atoms with Crippen molar-refractivity contribution in [1.29, 1.82) is 0 Å². The number of furan rings is 1. The van der Waals surface area contributed by atoms with Crippen LogP contribution in [0.4, 0.5) is 10.1 Å². The second-order valence-electron chi connectivity index (χ2n) is 9.42. The van der Waals surface area contributed by atoms with Gasteiger partial charge in [-0.3, -0.25) is 13.7 Å². The number of fused-ring (bicyclic) bond motifs is 1. The lowest BCUT2D eigenvalue weighted by molar-refractivity contribution is 0.1000. The van der Waals surface area contributed by atoms with E-state index in [1.807, 2.05) is 25.1 Å². The number of carbonyl (C=O) groups excluding carboxylic acids is 1. The van der Waals surface area contributed by atoms with Crippen LogP contribution in [0.25, 0.3) is 11.0 Å². The van der Waals surface area contributed by atoms with Crippen LogP contribution in [0, 0.1) is 12.7 Å². The van der Waals surface area contributed by atoms with Crippen molar-refractivity contribution < 1.29 is 22.4 Å². The van der Waals surface area contributed by atoms with E-state index in [0.717, 1.165) is 39.6 Å². The molecule has 1 aliphatic rings. The van der Waals surface area contributed by atoms with Crippen molar-refractivity contribution in [2.75, 3.05) is 10.8 Å². The monoisotopic (exact) mass is 584 g/mol. The smallest absolute Gasteiger partial charge is 0.261 e. The molecule has 0 radical (unpaired) electrons. The molecule has 192 valence electrons. The van der Waals surface area contributed by atoms with Crippen molar-refractivity contribution in [2.24, 2.45) is 5.73 Å². The molecule has 0 spiro atoms. The Morgan fingerprint density at radius 1 is 1.16 bits per heavy atom. The van der Waals surface area contributed by atoms with Gasteiger partial charge in [0.2, 0.25) is 0 Å². The molecule has 1 aromatic heterocycles. The zero-order valence-electron chi connectivity index (χ0n) is 20.2. The molecule has 4 aromatic rings. The van der Waals surface area contributed by atoms with Crippen LogP contribution < -0.4 is 10.0 Å². The lowest BCUT2D eigenvalue weighted by Gasteiger charge is -2.23. The van der Waals surface area contributed by atoms with E-state index in [1.165, 1.54) is 16.4 Å².